The van der Waals surface area contributed by atoms with Gasteiger partial charge in [0.2, 0.25) is 0 Å². The van der Waals surface area contributed by atoms with E-state index in [1.807, 2.05) is 0 Å². The van der Waals surface area contributed by atoms with Gasteiger partial charge in [-0.15, -0.1) is 0 Å². The number of carbonyl (C=O) groups excluding carboxylic acids is 1. The summed E-state index contributed by atoms with van der Waals surface area (Å²) >= 11 is 11.6. The molecule has 1 rings (SSSR count). The Kier molecular flexibility index (Phi) is 5.51. The molecular formula is C13H14Cl2O4. The number of carbonyl (C=O) groups is 1. The molecule has 0 aliphatic carbocycles. The van der Waals surface area contributed by atoms with Crippen LogP contribution in [0.4, 0.5) is 0 Å². The predicted molar refractivity (Wildman–Crippen MR) is 74.0 cm³/mol. The Hall–Kier alpha value is -1.39. The number of ether oxygens (including phenoxy) is 2. The van der Waals surface area contributed by atoms with Crippen LogP contribution in [0.5, 0.6) is 11.5 Å². The summed E-state index contributed by atoms with van der Waals surface area (Å²) in [5.74, 6) is -0.463. The van der Waals surface area contributed by atoms with Crippen LogP contribution in [-0.2, 0) is 9.53 Å². The van der Waals surface area contributed by atoms with Crippen LogP contribution in [0.15, 0.2) is 24.3 Å². The lowest BCUT2D eigenvalue weighted by atomic mass is 10.3. The van der Waals surface area contributed by atoms with E-state index in [0.29, 0.717) is 5.57 Å². The van der Waals surface area contributed by atoms with Crippen molar-refractivity contribution in [2.24, 2.45) is 0 Å². The van der Waals surface area contributed by atoms with Crippen LogP contribution < -0.4 is 4.74 Å². The maximum atomic E-state index is 11.2. The van der Waals surface area contributed by atoms with Crippen LogP contribution in [0, 0.1) is 0 Å². The highest BCUT2D eigenvalue weighted by Crippen LogP contribution is 2.38. The quantitative estimate of drug-likeness (QED) is 0.667. The highest BCUT2D eigenvalue weighted by atomic mass is 35.5. The summed E-state index contributed by atoms with van der Waals surface area (Å²) in [4.78, 5) is 11.2. The number of phenols is 1. The maximum Gasteiger partial charge on any atom is 0.333 e. The normalized spacial score (nSPS) is 11.8. The number of phenolic OH excluding ortho intramolecular Hbond substituents is 1. The lowest BCUT2D eigenvalue weighted by Gasteiger charge is -2.16. The summed E-state index contributed by atoms with van der Waals surface area (Å²) in [5, 5.41) is 9.71. The first-order valence-electron chi connectivity index (χ1n) is 5.49. The van der Waals surface area contributed by atoms with Gasteiger partial charge in [0, 0.05) is 5.57 Å². The second kappa shape index (κ2) is 6.68. The fourth-order valence-electron chi connectivity index (χ4n) is 1.18. The predicted octanol–water partition coefficient (Wildman–Crippen LogP) is 3.59. The van der Waals surface area contributed by atoms with E-state index < -0.39 is 12.1 Å². The van der Waals surface area contributed by atoms with Crippen molar-refractivity contribution in [3.63, 3.8) is 0 Å². The number of rotatable bonds is 5. The molecule has 104 valence electrons. The van der Waals surface area contributed by atoms with Crippen LogP contribution in [0.1, 0.15) is 13.8 Å². The van der Waals surface area contributed by atoms with Gasteiger partial charge in [0.25, 0.3) is 0 Å². The van der Waals surface area contributed by atoms with E-state index in [9.17, 15) is 9.90 Å². The van der Waals surface area contributed by atoms with Gasteiger partial charge in [-0.2, -0.15) is 0 Å². The van der Waals surface area contributed by atoms with Gasteiger partial charge in [-0.3, -0.25) is 0 Å². The van der Waals surface area contributed by atoms with E-state index >= 15 is 0 Å². The van der Waals surface area contributed by atoms with Crippen molar-refractivity contribution < 1.29 is 19.4 Å². The van der Waals surface area contributed by atoms with Gasteiger partial charge < -0.3 is 14.6 Å². The van der Waals surface area contributed by atoms with Gasteiger partial charge in [0.15, 0.2) is 5.75 Å². The van der Waals surface area contributed by atoms with Crippen molar-refractivity contribution in [3.8, 4) is 11.5 Å². The summed E-state index contributed by atoms with van der Waals surface area (Å²) in [5.41, 5.74) is 0.314. The lowest BCUT2D eigenvalue weighted by molar-refractivity contribution is -0.141. The number of aromatic hydroxyl groups is 1. The van der Waals surface area contributed by atoms with E-state index in [-0.39, 0.29) is 28.2 Å². The van der Waals surface area contributed by atoms with E-state index in [1.54, 1.807) is 13.8 Å². The summed E-state index contributed by atoms with van der Waals surface area (Å²) in [7, 11) is 0. The van der Waals surface area contributed by atoms with Crippen LogP contribution in [0.3, 0.4) is 0 Å². The Bertz CT molecular complexity index is 500. The van der Waals surface area contributed by atoms with E-state index in [1.165, 1.54) is 12.1 Å². The molecule has 1 N–H and O–H groups in total. The van der Waals surface area contributed by atoms with E-state index in [2.05, 4.69) is 6.58 Å². The first-order valence-corrected chi connectivity index (χ1v) is 6.24. The fourth-order valence-corrected chi connectivity index (χ4v) is 1.60. The third-order valence-electron chi connectivity index (χ3n) is 2.16. The molecule has 0 bridgehead atoms. The molecule has 0 spiro atoms. The van der Waals surface area contributed by atoms with Gasteiger partial charge in [-0.05, 0) is 26.0 Å². The van der Waals surface area contributed by atoms with E-state index in [0.717, 1.165) is 0 Å². The standard InChI is InChI=1S/C13H14Cl2O4/c1-7(2)13(17)18-6-8(3)19-10-5-4-9(14)12(16)11(10)15/h4-5,8,16H,1,6H2,2-3H3. The van der Waals surface area contributed by atoms with Gasteiger partial charge >= 0.3 is 5.97 Å². The monoisotopic (exact) mass is 304 g/mol. The van der Waals surface area contributed by atoms with Crippen LogP contribution in [0.2, 0.25) is 10.0 Å². The Morgan fingerprint density at radius 1 is 1.47 bits per heavy atom. The molecule has 0 saturated heterocycles. The van der Waals surface area contributed by atoms with Gasteiger partial charge in [-0.1, -0.05) is 29.8 Å². The fraction of sp³-hybridized carbons (Fsp3) is 0.308. The molecule has 0 aliphatic rings. The Morgan fingerprint density at radius 3 is 2.68 bits per heavy atom. The van der Waals surface area contributed by atoms with Crippen LogP contribution >= 0.6 is 23.2 Å². The smallest absolute Gasteiger partial charge is 0.333 e. The largest absolute Gasteiger partial charge is 0.505 e. The summed E-state index contributed by atoms with van der Waals surface area (Å²) in [6.07, 6.45) is -0.429. The van der Waals surface area contributed by atoms with E-state index in [4.69, 9.17) is 32.7 Å². The number of hydrogen-bond acceptors (Lipinski definition) is 4. The molecule has 0 radical (unpaired) electrons. The molecule has 1 atom stereocenters. The zero-order valence-corrected chi connectivity index (χ0v) is 12.1. The molecule has 0 aliphatic heterocycles. The molecule has 1 aromatic rings. The minimum Gasteiger partial charge on any atom is -0.505 e. The lowest BCUT2D eigenvalue weighted by Crippen LogP contribution is -2.22. The minimum atomic E-state index is -0.486. The summed E-state index contributed by atoms with van der Waals surface area (Å²) in [6.45, 7) is 6.77. The van der Waals surface area contributed by atoms with Gasteiger partial charge in [-0.25, -0.2) is 4.79 Å². The second-order valence-electron chi connectivity index (χ2n) is 4.02. The molecular weight excluding hydrogens is 291 g/mol. The SMILES string of the molecule is C=C(C)C(=O)OCC(C)Oc1ccc(Cl)c(O)c1Cl. The highest BCUT2D eigenvalue weighted by molar-refractivity contribution is 6.38. The van der Waals surface area contributed by atoms with Gasteiger partial charge in [0.05, 0.1) is 5.02 Å². The highest BCUT2D eigenvalue weighted by Gasteiger charge is 2.14. The molecule has 0 heterocycles. The van der Waals surface area contributed by atoms with Crippen LogP contribution in [0.25, 0.3) is 0 Å². The van der Waals surface area contributed by atoms with Crippen molar-refractivity contribution >= 4 is 29.2 Å². The Balaban J connectivity index is 2.63. The average Bonchev–Trinajstić information content (AvgIpc) is 2.36. The second-order valence-corrected chi connectivity index (χ2v) is 4.80. The zero-order valence-electron chi connectivity index (χ0n) is 10.6. The molecule has 4 nitrogen and oxygen atoms in total. The maximum absolute atomic E-state index is 11.2. The molecule has 19 heavy (non-hydrogen) atoms. The molecule has 1 aromatic carbocycles. The topological polar surface area (TPSA) is 55.8 Å². The van der Waals surface area contributed by atoms with Crippen LogP contribution in [-0.4, -0.2) is 23.8 Å². The number of esters is 1. The van der Waals surface area contributed by atoms with Crippen molar-refractivity contribution in [2.45, 2.75) is 20.0 Å². The minimum absolute atomic E-state index is 0.0191. The molecule has 6 heteroatoms. The van der Waals surface area contributed by atoms with Gasteiger partial charge in [0.1, 0.15) is 23.5 Å². The average molecular weight is 305 g/mol. The number of hydrogen-bond donors (Lipinski definition) is 1. The first kappa shape index (κ1) is 15.7. The molecule has 1 unspecified atom stereocenters. The summed E-state index contributed by atoms with van der Waals surface area (Å²) in [6, 6.07) is 2.99. The third kappa shape index (κ3) is 4.33. The Morgan fingerprint density at radius 2 is 2.11 bits per heavy atom. The van der Waals surface area contributed by atoms with Crippen molar-refractivity contribution in [3.05, 3.63) is 34.3 Å². The van der Waals surface area contributed by atoms with Crippen molar-refractivity contribution in [1.29, 1.82) is 0 Å². The van der Waals surface area contributed by atoms with Crippen molar-refractivity contribution in [2.75, 3.05) is 6.61 Å². The molecule has 0 aromatic heterocycles. The Labute approximate surface area is 121 Å². The number of halogens is 2. The van der Waals surface area contributed by atoms with Crippen molar-refractivity contribution in [1.82, 2.24) is 0 Å². The number of benzene rings is 1. The third-order valence-corrected chi connectivity index (χ3v) is 2.83. The molecule has 0 amide bonds. The molecule has 0 fully saturated rings. The zero-order chi connectivity index (χ0) is 14.6. The first-order chi connectivity index (χ1) is 8.82. The molecule has 0 saturated carbocycles. The summed E-state index contributed by atoms with van der Waals surface area (Å²) < 4.78 is 10.4.